The van der Waals surface area contributed by atoms with Gasteiger partial charge in [-0.15, -0.1) is 0 Å². The fourth-order valence-corrected chi connectivity index (χ4v) is 2.36. The summed E-state index contributed by atoms with van der Waals surface area (Å²) < 4.78 is 10.8. The Labute approximate surface area is 125 Å². The zero-order valence-electron chi connectivity index (χ0n) is 12.8. The highest BCUT2D eigenvalue weighted by Gasteiger charge is 2.31. The Morgan fingerprint density at radius 1 is 1.48 bits per heavy atom. The van der Waals surface area contributed by atoms with Crippen LogP contribution in [-0.4, -0.2) is 42.2 Å². The van der Waals surface area contributed by atoms with E-state index in [1.165, 1.54) is 0 Å². The first kappa shape index (κ1) is 15.6. The number of rotatable bonds is 7. The van der Waals surface area contributed by atoms with E-state index in [2.05, 4.69) is 0 Å². The van der Waals surface area contributed by atoms with E-state index in [4.69, 9.17) is 9.47 Å². The van der Waals surface area contributed by atoms with Gasteiger partial charge in [-0.05, 0) is 38.8 Å². The van der Waals surface area contributed by atoms with Crippen LogP contribution in [-0.2, 0) is 4.79 Å². The van der Waals surface area contributed by atoms with Gasteiger partial charge in [-0.25, -0.2) is 0 Å². The van der Waals surface area contributed by atoms with Crippen molar-refractivity contribution in [2.75, 3.05) is 20.3 Å². The number of aliphatic hydroxyl groups excluding tert-OH is 1. The average Bonchev–Trinajstić information content (AvgIpc) is 3.30. The molecule has 1 aromatic rings. The SMILES string of the molecule is CCN(C(=O)COc1cc(OC)ccc1[C@H](C)O)C1CC1. The number of amides is 1. The third-order valence-electron chi connectivity index (χ3n) is 3.67. The molecule has 0 aromatic heterocycles. The second kappa shape index (κ2) is 6.80. The summed E-state index contributed by atoms with van der Waals surface area (Å²) in [5.74, 6) is 1.11. The minimum absolute atomic E-state index is 0.0145. The zero-order chi connectivity index (χ0) is 15.4. The summed E-state index contributed by atoms with van der Waals surface area (Å²) in [6.07, 6.45) is 1.50. The van der Waals surface area contributed by atoms with Crippen LogP contribution in [0.4, 0.5) is 0 Å². The van der Waals surface area contributed by atoms with Gasteiger partial charge in [-0.1, -0.05) is 0 Å². The third-order valence-corrected chi connectivity index (χ3v) is 3.67. The van der Waals surface area contributed by atoms with Gasteiger partial charge in [0, 0.05) is 24.2 Å². The molecule has 1 saturated carbocycles. The summed E-state index contributed by atoms with van der Waals surface area (Å²) in [7, 11) is 1.57. The summed E-state index contributed by atoms with van der Waals surface area (Å²) in [6.45, 7) is 4.33. The van der Waals surface area contributed by atoms with Gasteiger partial charge < -0.3 is 19.5 Å². The number of nitrogens with zero attached hydrogens (tertiary/aromatic N) is 1. The van der Waals surface area contributed by atoms with Gasteiger partial charge in [-0.3, -0.25) is 4.79 Å². The molecule has 1 atom stereocenters. The topological polar surface area (TPSA) is 59.0 Å². The van der Waals surface area contributed by atoms with E-state index >= 15 is 0 Å². The molecule has 5 nitrogen and oxygen atoms in total. The number of aliphatic hydroxyl groups is 1. The molecule has 1 aromatic carbocycles. The van der Waals surface area contributed by atoms with Crippen LogP contribution in [0.3, 0.4) is 0 Å². The maximum Gasteiger partial charge on any atom is 0.260 e. The summed E-state index contributed by atoms with van der Waals surface area (Å²) >= 11 is 0. The van der Waals surface area contributed by atoms with Gasteiger partial charge >= 0.3 is 0 Å². The molecule has 0 aliphatic heterocycles. The van der Waals surface area contributed by atoms with Crippen LogP contribution >= 0.6 is 0 Å². The lowest BCUT2D eigenvalue weighted by atomic mass is 10.1. The fourth-order valence-electron chi connectivity index (χ4n) is 2.36. The Kier molecular flexibility index (Phi) is 5.07. The summed E-state index contributed by atoms with van der Waals surface area (Å²) in [6, 6.07) is 5.59. The van der Waals surface area contributed by atoms with Crippen LogP contribution in [0.2, 0.25) is 0 Å². The molecule has 116 valence electrons. The lowest BCUT2D eigenvalue weighted by Gasteiger charge is -2.21. The molecule has 0 unspecified atom stereocenters. The highest BCUT2D eigenvalue weighted by Crippen LogP contribution is 2.30. The van der Waals surface area contributed by atoms with E-state index in [1.54, 1.807) is 32.2 Å². The molecular weight excluding hydrogens is 270 g/mol. The maximum atomic E-state index is 12.2. The standard InChI is InChI=1S/C16H23NO4/c1-4-17(12-5-6-12)16(19)10-21-15-9-13(20-3)7-8-14(15)11(2)18/h7-9,11-12,18H,4-6,10H2,1-3H3/t11-/m0/s1. The van der Waals surface area contributed by atoms with Crippen LogP contribution in [0.5, 0.6) is 11.5 Å². The van der Waals surface area contributed by atoms with E-state index in [0.717, 1.165) is 12.8 Å². The van der Waals surface area contributed by atoms with Crippen molar-refractivity contribution in [1.82, 2.24) is 4.90 Å². The Morgan fingerprint density at radius 3 is 2.71 bits per heavy atom. The van der Waals surface area contributed by atoms with Crippen LogP contribution in [0.15, 0.2) is 18.2 Å². The summed E-state index contributed by atoms with van der Waals surface area (Å²) in [4.78, 5) is 14.0. The lowest BCUT2D eigenvalue weighted by molar-refractivity contribution is -0.133. The smallest absolute Gasteiger partial charge is 0.260 e. The molecule has 0 heterocycles. The van der Waals surface area contributed by atoms with Crippen molar-refractivity contribution < 1.29 is 19.4 Å². The van der Waals surface area contributed by atoms with Crippen LogP contribution in [0.25, 0.3) is 0 Å². The summed E-state index contributed by atoms with van der Waals surface area (Å²) in [5, 5.41) is 9.77. The minimum Gasteiger partial charge on any atom is -0.497 e. The summed E-state index contributed by atoms with van der Waals surface area (Å²) in [5.41, 5.74) is 0.651. The van der Waals surface area contributed by atoms with Crippen LogP contribution < -0.4 is 9.47 Å². The number of benzene rings is 1. The quantitative estimate of drug-likeness (QED) is 0.837. The number of carbonyl (C=O) groups excluding carboxylic acids is 1. The van der Waals surface area contributed by atoms with Gasteiger partial charge in [-0.2, -0.15) is 0 Å². The molecule has 1 fully saturated rings. The van der Waals surface area contributed by atoms with Gasteiger partial charge in [0.15, 0.2) is 6.61 Å². The molecule has 0 bridgehead atoms. The number of ether oxygens (including phenoxy) is 2. The van der Waals surface area contributed by atoms with Crippen LogP contribution in [0, 0.1) is 0 Å². The Balaban J connectivity index is 2.05. The maximum absolute atomic E-state index is 12.2. The molecule has 2 rings (SSSR count). The second-order valence-corrected chi connectivity index (χ2v) is 5.28. The molecule has 0 saturated heterocycles. The molecule has 1 aliphatic carbocycles. The molecule has 1 N–H and O–H groups in total. The Bertz CT molecular complexity index is 497. The minimum atomic E-state index is -0.660. The predicted octanol–water partition coefficient (Wildman–Crippen LogP) is 2.14. The highest BCUT2D eigenvalue weighted by molar-refractivity contribution is 5.78. The number of methoxy groups -OCH3 is 1. The first-order valence-corrected chi connectivity index (χ1v) is 7.35. The predicted molar refractivity (Wildman–Crippen MR) is 79.5 cm³/mol. The number of hydrogen-bond donors (Lipinski definition) is 1. The number of carbonyl (C=O) groups is 1. The normalized spacial score (nSPS) is 15.4. The Hall–Kier alpha value is -1.75. The largest absolute Gasteiger partial charge is 0.497 e. The van der Waals surface area contributed by atoms with Crippen molar-refractivity contribution >= 4 is 5.91 Å². The molecule has 0 spiro atoms. The van der Waals surface area contributed by atoms with Crippen molar-refractivity contribution in [3.8, 4) is 11.5 Å². The zero-order valence-corrected chi connectivity index (χ0v) is 12.8. The van der Waals surface area contributed by atoms with E-state index in [-0.39, 0.29) is 12.5 Å². The van der Waals surface area contributed by atoms with Gasteiger partial charge in [0.2, 0.25) is 0 Å². The first-order chi connectivity index (χ1) is 10.1. The Morgan fingerprint density at radius 2 is 2.19 bits per heavy atom. The first-order valence-electron chi connectivity index (χ1n) is 7.35. The van der Waals surface area contributed by atoms with Crippen molar-refractivity contribution in [3.63, 3.8) is 0 Å². The molecule has 1 amide bonds. The van der Waals surface area contributed by atoms with Crippen molar-refractivity contribution in [2.24, 2.45) is 0 Å². The van der Waals surface area contributed by atoms with E-state index in [0.29, 0.717) is 29.6 Å². The van der Waals surface area contributed by atoms with Crippen LogP contribution in [0.1, 0.15) is 38.4 Å². The monoisotopic (exact) mass is 293 g/mol. The van der Waals surface area contributed by atoms with Gasteiger partial charge in [0.05, 0.1) is 13.2 Å². The lowest BCUT2D eigenvalue weighted by Crippen LogP contribution is -2.36. The molecule has 5 heteroatoms. The molecule has 1 aliphatic rings. The van der Waals surface area contributed by atoms with Gasteiger partial charge in [0.1, 0.15) is 11.5 Å². The van der Waals surface area contributed by atoms with Gasteiger partial charge in [0.25, 0.3) is 5.91 Å². The average molecular weight is 293 g/mol. The van der Waals surface area contributed by atoms with E-state index in [1.807, 2.05) is 11.8 Å². The van der Waals surface area contributed by atoms with Crippen molar-refractivity contribution in [3.05, 3.63) is 23.8 Å². The molecule has 21 heavy (non-hydrogen) atoms. The van der Waals surface area contributed by atoms with Crippen molar-refractivity contribution in [1.29, 1.82) is 0 Å². The third kappa shape index (κ3) is 3.88. The highest BCUT2D eigenvalue weighted by atomic mass is 16.5. The molecule has 0 radical (unpaired) electrons. The van der Waals surface area contributed by atoms with E-state index < -0.39 is 6.10 Å². The fraction of sp³-hybridized carbons (Fsp3) is 0.562. The van der Waals surface area contributed by atoms with Crippen molar-refractivity contribution in [2.45, 2.75) is 38.8 Å². The van der Waals surface area contributed by atoms with E-state index in [9.17, 15) is 9.90 Å². The second-order valence-electron chi connectivity index (χ2n) is 5.28. The number of likely N-dealkylation sites (N-methyl/N-ethyl adjacent to an activating group) is 1. The number of hydrogen-bond acceptors (Lipinski definition) is 4. The molecular formula is C16H23NO4.